The molecular formula is C14H14N2O2. The van der Waals surface area contributed by atoms with Gasteiger partial charge in [-0.3, -0.25) is 9.59 Å². The third kappa shape index (κ3) is 3.07. The molecule has 0 spiro atoms. The van der Waals surface area contributed by atoms with Crippen molar-refractivity contribution in [1.29, 1.82) is 0 Å². The van der Waals surface area contributed by atoms with Crippen LogP contribution >= 0.6 is 0 Å². The molecule has 0 amide bonds. The van der Waals surface area contributed by atoms with E-state index in [0.29, 0.717) is 13.1 Å². The molecule has 18 heavy (non-hydrogen) atoms. The molecule has 92 valence electrons. The largest absolute Gasteiger partial charge is 0.312 e. The van der Waals surface area contributed by atoms with Crippen LogP contribution in [0.3, 0.4) is 0 Å². The van der Waals surface area contributed by atoms with Crippen LogP contribution in [0.4, 0.5) is 0 Å². The molecule has 0 radical (unpaired) electrons. The van der Waals surface area contributed by atoms with Crippen molar-refractivity contribution in [1.82, 2.24) is 9.13 Å². The second-order valence-corrected chi connectivity index (χ2v) is 3.85. The minimum atomic E-state index is -0.0287. The van der Waals surface area contributed by atoms with Gasteiger partial charge in [0.2, 0.25) is 0 Å². The number of nitrogens with zero attached hydrogens (tertiary/aromatic N) is 2. The quantitative estimate of drug-likeness (QED) is 0.758. The van der Waals surface area contributed by atoms with Gasteiger partial charge in [0.25, 0.3) is 11.1 Å². The molecule has 2 aromatic rings. The first kappa shape index (κ1) is 12.1. The first-order valence-corrected chi connectivity index (χ1v) is 5.73. The molecule has 0 aliphatic heterocycles. The number of pyridine rings is 2. The molecule has 0 saturated carbocycles. The maximum Gasteiger partial charge on any atom is 0.250 e. The van der Waals surface area contributed by atoms with E-state index >= 15 is 0 Å². The Bertz CT molecular complexity index is 595. The standard InChI is InChI=1S/C14H14N2O2/c17-13-7-1-3-9-15(13)11-5-6-12-16-10-4-2-8-14(16)18/h1-10H,11-12H2/b6-5+. The Morgan fingerprint density at radius 3 is 1.61 bits per heavy atom. The van der Waals surface area contributed by atoms with Crippen molar-refractivity contribution in [2.24, 2.45) is 0 Å². The zero-order valence-corrected chi connectivity index (χ0v) is 9.90. The van der Waals surface area contributed by atoms with Gasteiger partial charge in [-0.1, -0.05) is 24.3 Å². The van der Waals surface area contributed by atoms with Crippen molar-refractivity contribution in [2.75, 3.05) is 0 Å². The van der Waals surface area contributed by atoms with Crippen LogP contribution in [0.1, 0.15) is 0 Å². The zero-order valence-electron chi connectivity index (χ0n) is 9.90. The fourth-order valence-electron chi connectivity index (χ4n) is 1.60. The lowest BCUT2D eigenvalue weighted by Gasteiger charge is -2.01. The van der Waals surface area contributed by atoms with Gasteiger partial charge in [0.15, 0.2) is 0 Å². The van der Waals surface area contributed by atoms with Crippen LogP contribution in [-0.4, -0.2) is 9.13 Å². The van der Waals surface area contributed by atoms with Gasteiger partial charge in [0.05, 0.1) is 0 Å². The summed E-state index contributed by atoms with van der Waals surface area (Å²) in [4.78, 5) is 22.8. The Balaban J connectivity index is 1.98. The second kappa shape index (κ2) is 5.82. The first-order chi connectivity index (χ1) is 8.77. The first-order valence-electron chi connectivity index (χ1n) is 5.73. The van der Waals surface area contributed by atoms with Crippen LogP contribution < -0.4 is 11.1 Å². The predicted molar refractivity (Wildman–Crippen MR) is 70.5 cm³/mol. The van der Waals surface area contributed by atoms with Crippen LogP contribution in [0.5, 0.6) is 0 Å². The van der Waals surface area contributed by atoms with E-state index in [1.807, 2.05) is 24.3 Å². The van der Waals surface area contributed by atoms with Crippen LogP contribution in [0.25, 0.3) is 0 Å². The number of hydrogen-bond donors (Lipinski definition) is 0. The van der Waals surface area contributed by atoms with Crippen LogP contribution in [0.15, 0.2) is 70.5 Å². The number of rotatable bonds is 4. The van der Waals surface area contributed by atoms with Gasteiger partial charge in [-0.15, -0.1) is 0 Å². The van der Waals surface area contributed by atoms with Crippen molar-refractivity contribution >= 4 is 0 Å². The highest BCUT2D eigenvalue weighted by molar-refractivity contribution is 4.97. The van der Waals surface area contributed by atoms with Crippen molar-refractivity contribution in [3.05, 3.63) is 81.7 Å². The highest BCUT2D eigenvalue weighted by atomic mass is 16.1. The van der Waals surface area contributed by atoms with Crippen LogP contribution in [-0.2, 0) is 13.1 Å². The van der Waals surface area contributed by atoms with Gasteiger partial charge < -0.3 is 9.13 Å². The van der Waals surface area contributed by atoms with Gasteiger partial charge >= 0.3 is 0 Å². The molecule has 0 aromatic carbocycles. The van der Waals surface area contributed by atoms with Crippen LogP contribution in [0.2, 0.25) is 0 Å². The minimum absolute atomic E-state index is 0.0287. The van der Waals surface area contributed by atoms with Gasteiger partial charge in [0, 0.05) is 37.6 Å². The van der Waals surface area contributed by atoms with E-state index in [1.54, 1.807) is 33.7 Å². The zero-order chi connectivity index (χ0) is 12.8. The molecule has 0 saturated heterocycles. The third-order valence-corrected chi connectivity index (χ3v) is 2.57. The van der Waals surface area contributed by atoms with Crippen molar-refractivity contribution in [3.8, 4) is 0 Å². The summed E-state index contributed by atoms with van der Waals surface area (Å²) in [5.74, 6) is 0. The second-order valence-electron chi connectivity index (χ2n) is 3.85. The van der Waals surface area contributed by atoms with E-state index in [1.165, 1.54) is 12.1 Å². The number of hydrogen-bond acceptors (Lipinski definition) is 2. The molecule has 0 aliphatic rings. The SMILES string of the molecule is O=c1ccccn1C/C=C/Cn1ccccc1=O. The summed E-state index contributed by atoms with van der Waals surface area (Å²) in [6.45, 7) is 1.03. The smallest absolute Gasteiger partial charge is 0.250 e. The molecule has 4 heteroatoms. The summed E-state index contributed by atoms with van der Waals surface area (Å²) >= 11 is 0. The van der Waals surface area contributed by atoms with Crippen molar-refractivity contribution < 1.29 is 0 Å². The van der Waals surface area contributed by atoms with Gasteiger partial charge in [-0.2, -0.15) is 0 Å². The Morgan fingerprint density at radius 2 is 1.22 bits per heavy atom. The normalized spacial score (nSPS) is 10.9. The lowest BCUT2D eigenvalue weighted by Crippen LogP contribution is -2.18. The Morgan fingerprint density at radius 1 is 0.778 bits per heavy atom. The van der Waals surface area contributed by atoms with Gasteiger partial charge in [0.1, 0.15) is 0 Å². The Hall–Kier alpha value is -2.36. The van der Waals surface area contributed by atoms with E-state index in [-0.39, 0.29) is 11.1 Å². The summed E-state index contributed by atoms with van der Waals surface area (Å²) in [5.41, 5.74) is -0.0574. The van der Waals surface area contributed by atoms with Crippen molar-refractivity contribution in [3.63, 3.8) is 0 Å². The average Bonchev–Trinajstić information content (AvgIpc) is 2.38. The Kier molecular flexibility index (Phi) is 3.91. The third-order valence-electron chi connectivity index (χ3n) is 2.57. The molecule has 0 fully saturated rings. The summed E-state index contributed by atoms with van der Waals surface area (Å²) in [7, 11) is 0. The summed E-state index contributed by atoms with van der Waals surface area (Å²) in [6, 6.07) is 10.1. The fourth-order valence-corrected chi connectivity index (χ4v) is 1.60. The van der Waals surface area contributed by atoms with E-state index in [9.17, 15) is 9.59 Å². The molecule has 0 unspecified atom stereocenters. The van der Waals surface area contributed by atoms with E-state index < -0.39 is 0 Å². The predicted octanol–water partition coefficient (Wildman–Crippen LogP) is 1.27. The average molecular weight is 242 g/mol. The van der Waals surface area contributed by atoms with E-state index in [4.69, 9.17) is 0 Å². The Labute approximate surface area is 104 Å². The van der Waals surface area contributed by atoms with Gasteiger partial charge in [-0.05, 0) is 12.1 Å². The van der Waals surface area contributed by atoms with Gasteiger partial charge in [-0.25, -0.2) is 0 Å². The molecule has 0 aliphatic carbocycles. The molecule has 0 bridgehead atoms. The molecule has 2 rings (SSSR count). The molecular weight excluding hydrogens is 228 g/mol. The highest BCUT2D eigenvalue weighted by Gasteiger charge is 1.91. The number of allylic oxidation sites excluding steroid dienone is 2. The minimum Gasteiger partial charge on any atom is -0.312 e. The lowest BCUT2D eigenvalue weighted by atomic mass is 10.4. The molecule has 2 aromatic heterocycles. The topological polar surface area (TPSA) is 44.0 Å². The fraction of sp³-hybridized carbons (Fsp3) is 0.143. The molecule has 4 nitrogen and oxygen atoms in total. The van der Waals surface area contributed by atoms with Crippen LogP contribution in [0, 0.1) is 0 Å². The number of aromatic nitrogens is 2. The lowest BCUT2D eigenvalue weighted by molar-refractivity contribution is 0.752. The summed E-state index contributed by atoms with van der Waals surface area (Å²) < 4.78 is 3.20. The van der Waals surface area contributed by atoms with E-state index in [0.717, 1.165) is 0 Å². The van der Waals surface area contributed by atoms with Crippen molar-refractivity contribution in [2.45, 2.75) is 13.1 Å². The molecule has 0 atom stereocenters. The summed E-state index contributed by atoms with van der Waals surface area (Å²) in [5, 5.41) is 0. The monoisotopic (exact) mass is 242 g/mol. The summed E-state index contributed by atoms with van der Waals surface area (Å²) in [6.07, 6.45) is 7.23. The van der Waals surface area contributed by atoms with E-state index in [2.05, 4.69) is 0 Å². The highest BCUT2D eigenvalue weighted by Crippen LogP contribution is 1.87. The molecule has 2 heterocycles. The molecule has 0 N–H and O–H groups in total. The maximum absolute atomic E-state index is 11.4. The maximum atomic E-state index is 11.4.